The Bertz CT molecular complexity index is 766. The molecule has 0 saturated carbocycles. The predicted molar refractivity (Wildman–Crippen MR) is 108 cm³/mol. The maximum atomic E-state index is 11.9. The Balaban J connectivity index is 0.00000243. The van der Waals surface area contributed by atoms with E-state index in [-0.39, 0.29) is 18.3 Å². The van der Waals surface area contributed by atoms with E-state index in [0.717, 1.165) is 19.5 Å². The summed E-state index contributed by atoms with van der Waals surface area (Å²) < 4.78 is 5.47. The summed E-state index contributed by atoms with van der Waals surface area (Å²) in [4.78, 5) is 15.7. The van der Waals surface area contributed by atoms with E-state index >= 15 is 0 Å². The molecule has 1 amide bonds. The van der Waals surface area contributed by atoms with Crippen molar-refractivity contribution < 1.29 is 9.53 Å². The first-order valence-corrected chi connectivity index (χ1v) is 8.78. The number of nitrogens with zero attached hydrogens (tertiary/aromatic N) is 2. The van der Waals surface area contributed by atoms with E-state index in [1.807, 2.05) is 18.2 Å². The maximum Gasteiger partial charge on any atom is 0.414 e. The molecule has 0 unspecified atom stereocenters. The van der Waals surface area contributed by atoms with Crippen molar-refractivity contribution in [1.29, 1.82) is 0 Å². The Labute approximate surface area is 166 Å². The zero-order chi connectivity index (χ0) is 18.0. The first kappa shape index (κ1) is 20.6. The fourth-order valence-corrected chi connectivity index (χ4v) is 3.42. The molecule has 0 N–H and O–H groups in total. The third-order valence-electron chi connectivity index (χ3n) is 4.59. The molecule has 1 atom stereocenters. The van der Waals surface area contributed by atoms with Crippen molar-refractivity contribution in [2.45, 2.75) is 12.3 Å². The summed E-state index contributed by atoms with van der Waals surface area (Å²) in [5.74, 6) is 0.641. The SMILES string of the molecule is CN1CCc2cc(Cl)c(OC(=O)N(C)C)cc2[C@H](c2ccccc2)C1.Cl. The van der Waals surface area contributed by atoms with Crippen molar-refractivity contribution in [3.63, 3.8) is 0 Å². The van der Waals surface area contributed by atoms with Gasteiger partial charge in [0.2, 0.25) is 0 Å². The van der Waals surface area contributed by atoms with E-state index in [1.54, 1.807) is 14.1 Å². The van der Waals surface area contributed by atoms with Gasteiger partial charge in [-0.05, 0) is 42.3 Å². The third-order valence-corrected chi connectivity index (χ3v) is 4.89. The van der Waals surface area contributed by atoms with Crippen LogP contribution in [0.3, 0.4) is 0 Å². The summed E-state index contributed by atoms with van der Waals surface area (Å²) in [5, 5.41) is 0.477. The predicted octanol–water partition coefficient (Wildman–Crippen LogP) is 4.44. The molecule has 0 spiro atoms. The van der Waals surface area contributed by atoms with Gasteiger partial charge in [0.05, 0.1) is 5.02 Å². The van der Waals surface area contributed by atoms with Gasteiger partial charge in [-0.3, -0.25) is 0 Å². The van der Waals surface area contributed by atoms with Crippen LogP contribution in [0.2, 0.25) is 5.02 Å². The molecule has 0 aliphatic carbocycles. The lowest BCUT2D eigenvalue weighted by Crippen LogP contribution is -2.25. The number of amides is 1. The summed E-state index contributed by atoms with van der Waals surface area (Å²) in [5.41, 5.74) is 3.65. The van der Waals surface area contributed by atoms with Gasteiger partial charge in [0.1, 0.15) is 0 Å². The van der Waals surface area contributed by atoms with Crippen LogP contribution in [0.1, 0.15) is 22.6 Å². The molecule has 1 aliphatic heterocycles. The highest BCUT2D eigenvalue weighted by molar-refractivity contribution is 6.32. The lowest BCUT2D eigenvalue weighted by Gasteiger charge is -2.23. The second-order valence-electron chi connectivity index (χ2n) is 6.72. The van der Waals surface area contributed by atoms with Gasteiger partial charge in [-0.1, -0.05) is 41.9 Å². The van der Waals surface area contributed by atoms with Gasteiger partial charge in [0, 0.05) is 33.1 Å². The molecule has 0 bridgehead atoms. The summed E-state index contributed by atoms with van der Waals surface area (Å²) >= 11 is 6.38. The minimum absolute atomic E-state index is 0. The Hall–Kier alpha value is -1.75. The highest BCUT2D eigenvalue weighted by Crippen LogP contribution is 2.37. The monoisotopic (exact) mass is 394 g/mol. The number of carbonyl (C=O) groups excluding carboxylic acids is 1. The first-order valence-electron chi connectivity index (χ1n) is 8.40. The molecular weight excluding hydrogens is 371 g/mol. The van der Waals surface area contributed by atoms with E-state index < -0.39 is 6.09 Å². The fourth-order valence-electron chi connectivity index (χ4n) is 3.20. The van der Waals surface area contributed by atoms with Crippen LogP contribution >= 0.6 is 24.0 Å². The second kappa shape index (κ2) is 8.76. The van der Waals surface area contributed by atoms with E-state index in [4.69, 9.17) is 16.3 Å². The van der Waals surface area contributed by atoms with Gasteiger partial charge in [-0.15, -0.1) is 12.4 Å². The number of halogens is 2. The van der Waals surface area contributed by atoms with Gasteiger partial charge in [0.25, 0.3) is 0 Å². The van der Waals surface area contributed by atoms with Crippen LogP contribution in [0.5, 0.6) is 5.75 Å². The lowest BCUT2D eigenvalue weighted by molar-refractivity contribution is 0.172. The molecule has 6 heteroatoms. The van der Waals surface area contributed by atoms with Gasteiger partial charge in [0.15, 0.2) is 5.75 Å². The topological polar surface area (TPSA) is 32.8 Å². The average molecular weight is 395 g/mol. The minimum Gasteiger partial charge on any atom is -0.409 e. The molecule has 2 aromatic carbocycles. The normalized spacial score (nSPS) is 16.8. The first-order chi connectivity index (χ1) is 12.0. The molecule has 1 heterocycles. The van der Waals surface area contributed by atoms with Crippen molar-refractivity contribution in [3.8, 4) is 5.75 Å². The number of likely N-dealkylation sites (N-methyl/N-ethyl adjacent to an activating group) is 1. The van der Waals surface area contributed by atoms with Crippen molar-refractivity contribution in [2.75, 3.05) is 34.2 Å². The zero-order valence-electron chi connectivity index (χ0n) is 15.2. The van der Waals surface area contributed by atoms with E-state index in [0.29, 0.717) is 10.8 Å². The number of hydrogen-bond acceptors (Lipinski definition) is 3. The van der Waals surface area contributed by atoms with Crippen LogP contribution in [0.15, 0.2) is 42.5 Å². The van der Waals surface area contributed by atoms with Gasteiger partial charge >= 0.3 is 6.09 Å². The highest BCUT2D eigenvalue weighted by atomic mass is 35.5. The van der Waals surface area contributed by atoms with E-state index in [9.17, 15) is 4.79 Å². The molecule has 2 aromatic rings. The van der Waals surface area contributed by atoms with Crippen molar-refractivity contribution in [2.24, 2.45) is 0 Å². The molecule has 140 valence electrons. The number of ether oxygens (including phenoxy) is 1. The third kappa shape index (κ3) is 4.50. The Morgan fingerprint density at radius 1 is 1.23 bits per heavy atom. The summed E-state index contributed by atoms with van der Waals surface area (Å²) in [6.45, 7) is 1.89. The smallest absolute Gasteiger partial charge is 0.409 e. The van der Waals surface area contributed by atoms with Gasteiger partial charge in [-0.25, -0.2) is 4.79 Å². The van der Waals surface area contributed by atoms with Gasteiger partial charge in [-0.2, -0.15) is 0 Å². The van der Waals surface area contributed by atoms with E-state index in [1.165, 1.54) is 21.6 Å². The molecule has 0 radical (unpaired) electrons. The number of carbonyl (C=O) groups is 1. The Morgan fingerprint density at radius 3 is 2.58 bits per heavy atom. The Kier molecular flexibility index (Phi) is 6.93. The highest BCUT2D eigenvalue weighted by Gasteiger charge is 2.25. The van der Waals surface area contributed by atoms with E-state index in [2.05, 4.69) is 36.2 Å². The fraction of sp³-hybridized carbons (Fsp3) is 0.350. The zero-order valence-corrected chi connectivity index (χ0v) is 16.8. The summed E-state index contributed by atoms with van der Waals surface area (Å²) in [6.07, 6.45) is 0.500. The molecule has 0 saturated heterocycles. The molecule has 26 heavy (non-hydrogen) atoms. The van der Waals surface area contributed by atoms with Crippen LogP contribution in [0.25, 0.3) is 0 Å². The number of benzene rings is 2. The second-order valence-corrected chi connectivity index (χ2v) is 7.13. The maximum absolute atomic E-state index is 11.9. The van der Waals surface area contributed by atoms with Gasteiger partial charge < -0.3 is 14.5 Å². The molecule has 0 aromatic heterocycles. The lowest BCUT2D eigenvalue weighted by atomic mass is 9.88. The van der Waals surface area contributed by atoms with Crippen LogP contribution in [0, 0.1) is 0 Å². The molecular formula is C20H24Cl2N2O2. The van der Waals surface area contributed by atoms with Crippen molar-refractivity contribution in [1.82, 2.24) is 9.80 Å². The largest absolute Gasteiger partial charge is 0.414 e. The van der Waals surface area contributed by atoms with Crippen LogP contribution in [0.4, 0.5) is 4.79 Å². The van der Waals surface area contributed by atoms with Crippen LogP contribution in [-0.2, 0) is 6.42 Å². The molecule has 0 fully saturated rings. The number of rotatable bonds is 2. The van der Waals surface area contributed by atoms with Crippen LogP contribution in [-0.4, -0.2) is 50.1 Å². The van der Waals surface area contributed by atoms with Crippen molar-refractivity contribution >= 4 is 30.1 Å². The average Bonchev–Trinajstić information content (AvgIpc) is 2.75. The number of hydrogen-bond donors (Lipinski definition) is 0. The number of fused-ring (bicyclic) bond motifs is 1. The molecule has 1 aliphatic rings. The Morgan fingerprint density at radius 2 is 1.92 bits per heavy atom. The molecule has 3 rings (SSSR count). The summed E-state index contributed by atoms with van der Waals surface area (Å²) in [6, 6.07) is 14.3. The van der Waals surface area contributed by atoms with Crippen molar-refractivity contribution in [3.05, 3.63) is 64.2 Å². The summed E-state index contributed by atoms with van der Waals surface area (Å²) in [7, 11) is 5.44. The quantitative estimate of drug-likeness (QED) is 0.754. The standard InChI is InChI=1S/C20H23ClN2O2.ClH/c1-22(2)20(24)25-19-12-16-15(11-18(19)21)9-10-23(3)13-17(16)14-7-5-4-6-8-14;/h4-8,11-12,17H,9-10,13H2,1-3H3;1H/t17-;/m0./s1. The minimum atomic E-state index is -0.427. The van der Waals surface area contributed by atoms with Crippen LogP contribution < -0.4 is 4.74 Å². The molecule has 4 nitrogen and oxygen atoms in total.